The highest BCUT2D eigenvalue weighted by Gasteiger charge is 2.18. The average Bonchev–Trinajstić information content (AvgIpc) is 2.29. The molecule has 0 saturated carbocycles. The Labute approximate surface area is 103 Å². The first kappa shape index (κ1) is 14.4. The molecular weight excluding hydrogens is 220 g/mol. The van der Waals surface area contributed by atoms with Crippen molar-refractivity contribution in [2.45, 2.75) is 38.8 Å². The van der Waals surface area contributed by atoms with E-state index in [0.29, 0.717) is 32.7 Å². The smallest absolute Gasteiger partial charge is 0.224 e. The first-order valence-corrected chi connectivity index (χ1v) is 6.36. The Kier molecular flexibility index (Phi) is 6.47. The van der Waals surface area contributed by atoms with Crippen LogP contribution in [0.25, 0.3) is 0 Å². The van der Waals surface area contributed by atoms with Crippen molar-refractivity contribution in [3.05, 3.63) is 0 Å². The van der Waals surface area contributed by atoms with Crippen LogP contribution in [0.3, 0.4) is 0 Å². The van der Waals surface area contributed by atoms with Gasteiger partial charge >= 0.3 is 0 Å². The van der Waals surface area contributed by atoms with E-state index in [9.17, 15) is 4.79 Å². The van der Waals surface area contributed by atoms with E-state index >= 15 is 0 Å². The summed E-state index contributed by atoms with van der Waals surface area (Å²) in [5.74, 6) is 0.186. The second-order valence-electron chi connectivity index (χ2n) is 4.69. The minimum absolute atomic E-state index is 0.157. The number of hydrogen-bond donors (Lipinski definition) is 2. The largest absolute Gasteiger partial charge is 0.393 e. The molecule has 1 amide bonds. The van der Waals surface area contributed by atoms with Crippen molar-refractivity contribution in [2.24, 2.45) is 0 Å². The summed E-state index contributed by atoms with van der Waals surface area (Å²) in [7, 11) is 0. The van der Waals surface area contributed by atoms with E-state index in [2.05, 4.69) is 5.32 Å². The number of amides is 1. The standard InChI is InChI=1S/C12H24N2O3/c1-10(13-4-3-11(2)15)9-12(16)14-5-7-17-8-6-14/h10-11,13,15H,3-9H2,1-2H3. The maximum atomic E-state index is 11.9. The number of rotatable bonds is 6. The number of carbonyl (C=O) groups excluding carboxylic acids is 1. The van der Waals surface area contributed by atoms with E-state index in [1.807, 2.05) is 11.8 Å². The van der Waals surface area contributed by atoms with Crippen LogP contribution in [0.15, 0.2) is 0 Å². The summed E-state index contributed by atoms with van der Waals surface area (Å²) >= 11 is 0. The van der Waals surface area contributed by atoms with E-state index in [4.69, 9.17) is 9.84 Å². The first-order chi connectivity index (χ1) is 8.09. The third-order valence-corrected chi connectivity index (χ3v) is 2.90. The average molecular weight is 244 g/mol. The fourth-order valence-electron chi connectivity index (χ4n) is 1.81. The summed E-state index contributed by atoms with van der Waals surface area (Å²) in [4.78, 5) is 13.7. The number of hydrogen-bond acceptors (Lipinski definition) is 4. The van der Waals surface area contributed by atoms with Crippen LogP contribution in [0.2, 0.25) is 0 Å². The van der Waals surface area contributed by atoms with Gasteiger partial charge in [-0.2, -0.15) is 0 Å². The Balaban J connectivity index is 2.15. The zero-order valence-electron chi connectivity index (χ0n) is 10.8. The summed E-state index contributed by atoms with van der Waals surface area (Å²) < 4.78 is 5.21. The molecule has 1 aliphatic heterocycles. The number of nitrogens with one attached hydrogen (secondary N) is 1. The predicted octanol–water partition coefficient (Wildman–Crippen LogP) is -0.0157. The van der Waals surface area contributed by atoms with Gasteiger partial charge in [-0.3, -0.25) is 4.79 Å². The predicted molar refractivity (Wildman–Crippen MR) is 65.8 cm³/mol. The third kappa shape index (κ3) is 6.00. The summed E-state index contributed by atoms with van der Waals surface area (Å²) in [5, 5.41) is 12.4. The van der Waals surface area contributed by atoms with Crippen LogP contribution in [-0.4, -0.2) is 60.9 Å². The van der Waals surface area contributed by atoms with Crippen molar-refractivity contribution in [3.8, 4) is 0 Å². The molecule has 1 heterocycles. The molecule has 1 fully saturated rings. The molecule has 2 unspecified atom stereocenters. The number of nitrogens with zero attached hydrogens (tertiary/aromatic N) is 1. The summed E-state index contributed by atoms with van der Waals surface area (Å²) in [6.07, 6.45) is 0.945. The van der Waals surface area contributed by atoms with Gasteiger partial charge in [-0.1, -0.05) is 0 Å². The molecule has 2 N–H and O–H groups in total. The molecule has 0 spiro atoms. The Hall–Kier alpha value is -0.650. The van der Waals surface area contributed by atoms with Crippen molar-refractivity contribution in [2.75, 3.05) is 32.8 Å². The number of ether oxygens (including phenoxy) is 1. The molecule has 17 heavy (non-hydrogen) atoms. The van der Waals surface area contributed by atoms with Gasteiger partial charge in [0.1, 0.15) is 0 Å². The lowest BCUT2D eigenvalue weighted by molar-refractivity contribution is -0.135. The number of aliphatic hydroxyl groups is 1. The number of aliphatic hydroxyl groups excluding tert-OH is 1. The summed E-state index contributed by atoms with van der Waals surface area (Å²) in [6, 6.07) is 0.157. The fraction of sp³-hybridized carbons (Fsp3) is 0.917. The highest BCUT2D eigenvalue weighted by molar-refractivity contribution is 5.76. The molecule has 2 atom stereocenters. The Morgan fingerprint density at radius 2 is 2.06 bits per heavy atom. The normalized spacial score (nSPS) is 20.1. The summed E-state index contributed by atoms with van der Waals surface area (Å²) in [5.41, 5.74) is 0. The molecular formula is C12H24N2O3. The molecule has 1 saturated heterocycles. The molecule has 0 aromatic rings. The van der Waals surface area contributed by atoms with Crippen LogP contribution in [0.4, 0.5) is 0 Å². The van der Waals surface area contributed by atoms with Crippen LogP contribution in [0, 0.1) is 0 Å². The van der Waals surface area contributed by atoms with E-state index in [1.54, 1.807) is 6.92 Å². The highest BCUT2D eigenvalue weighted by atomic mass is 16.5. The van der Waals surface area contributed by atoms with E-state index in [1.165, 1.54) is 0 Å². The second-order valence-corrected chi connectivity index (χ2v) is 4.69. The molecule has 0 bridgehead atoms. The topological polar surface area (TPSA) is 61.8 Å². The molecule has 0 aromatic carbocycles. The van der Waals surface area contributed by atoms with Gasteiger partial charge in [0, 0.05) is 25.6 Å². The Bertz CT molecular complexity index is 228. The van der Waals surface area contributed by atoms with Crippen molar-refractivity contribution in [1.82, 2.24) is 10.2 Å². The molecule has 1 rings (SSSR count). The lowest BCUT2D eigenvalue weighted by Gasteiger charge is -2.28. The van der Waals surface area contributed by atoms with Gasteiger partial charge in [-0.05, 0) is 26.8 Å². The zero-order valence-corrected chi connectivity index (χ0v) is 10.8. The third-order valence-electron chi connectivity index (χ3n) is 2.90. The van der Waals surface area contributed by atoms with Crippen molar-refractivity contribution in [3.63, 3.8) is 0 Å². The Morgan fingerprint density at radius 1 is 1.41 bits per heavy atom. The maximum Gasteiger partial charge on any atom is 0.224 e. The van der Waals surface area contributed by atoms with Gasteiger partial charge in [-0.25, -0.2) is 0 Å². The molecule has 0 radical (unpaired) electrons. The van der Waals surface area contributed by atoms with Gasteiger partial charge in [0.05, 0.1) is 19.3 Å². The lowest BCUT2D eigenvalue weighted by atomic mass is 10.2. The van der Waals surface area contributed by atoms with Gasteiger partial charge < -0.3 is 20.1 Å². The summed E-state index contributed by atoms with van der Waals surface area (Å²) in [6.45, 7) is 7.23. The van der Waals surface area contributed by atoms with E-state index in [-0.39, 0.29) is 18.1 Å². The van der Waals surface area contributed by atoms with E-state index in [0.717, 1.165) is 13.0 Å². The Morgan fingerprint density at radius 3 is 2.65 bits per heavy atom. The van der Waals surface area contributed by atoms with E-state index < -0.39 is 0 Å². The quantitative estimate of drug-likeness (QED) is 0.689. The van der Waals surface area contributed by atoms with Crippen LogP contribution < -0.4 is 5.32 Å². The first-order valence-electron chi connectivity index (χ1n) is 6.36. The minimum atomic E-state index is -0.287. The minimum Gasteiger partial charge on any atom is -0.393 e. The molecule has 1 aliphatic rings. The van der Waals surface area contributed by atoms with Crippen LogP contribution in [0.1, 0.15) is 26.7 Å². The molecule has 0 aliphatic carbocycles. The van der Waals surface area contributed by atoms with Gasteiger partial charge in [0.2, 0.25) is 5.91 Å². The van der Waals surface area contributed by atoms with Gasteiger partial charge in [-0.15, -0.1) is 0 Å². The van der Waals surface area contributed by atoms with Crippen LogP contribution in [-0.2, 0) is 9.53 Å². The van der Waals surface area contributed by atoms with Crippen LogP contribution in [0.5, 0.6) is 0 Å². The van der Waals surface area contributed by atoms with Crippen molar-refractivity contribution >= 4 is 5.91 Å². The monoisotopic (exact) mass is 244 g/mol. The van der Waals surface area contributed by atoms with Crippen molar-refractivity contribution in [1.29, 1.82) is 0 Å². The van der Waals surface area contributed by atoms with Gasteiger partial charge in [0.25, 0.3) is 0 Å². The fourth-order valence-corrected chi connectivity index (χ4v) is 1.81. The van der Waals surface area contributed by atoms with Crippen molar-refractivity contribution < 1.29 is 14.6 Å². The number of morpholine rings is 1. The highest BCUT2D eigenvalue weighted by Crippen LogP contribution is 2.02. The molecule has 100 valence electrons. The lowest BCUT2D eigenvalue weighted by Crippen LogP contribution is -2.43. The molecule has 0 aromatic heterocycles. The van der Waals surface area contributed by atoms with Gasteiger partial charge in [0.15, 0.2) is 0 Å². The number of carbonyl (C=O) groups is 1. The molecule has 5 nitrogen and oxygen atoms in total. The maximum absolute atomic E-state index is 11.9. The SMILES string of the molecule is CC(O)CCNC(C)CC(=O)N1CCOCC1. The molecule has 5 heteroatoms. The second kappa shape index (κ2) is 7.63. The zero-order chi connectivity index (χ0) is 12.7. The van der Waals surface area contributed by atoms with Crippen LogP contribution >= 0.6 is 0 Å².